The van der Waals surface area contributed by atoms with Crippen LogP contribution in [0.5, 0.6) is 0 Å². The van der Waals surface area contributed by atoms with Gasteiger partial charge in [0.1, 0.15) is 0 Å². The molecule has 0 amide bonds. The summed E-state index contributed by atoms with van der Waals surface area (Å²) in [5.41, 5.74) is 0. The molecule has 0 heterocycles. The Balaban J connectivity index is 2.05. The number of hydrogen-bond donors (Lipinski definition) is 1. The Bertz CT molecular complexity index is 95.7. The molecule has 0 bridgehead atoms. The van der Waals surface area contributed by atoms with Crippen molar-refractivity contribution in [3.05, 3.63) is 0 Å². The van der Waals surface area contributed by atoms with Crippen LogP contribution in [0, 0.1) is 5.92 Å². The van der Waals surface area contributed by atoms with Crippen molar-refractivity contribution in [2.24, 2.45) is 11.8 Å². The van der Waals surface area contributed by atoms with Crippen LogP contribution in [0.1, 0.15) is 38.5 Å². The maximum absolute atomic E-state index is 5.54. The lowest BCUT2D eigenvalue weighted by atomic mass is 9.87. The van der Waals surface area contributed by atoms with Gasteiger partial charge in [0.2, 0.25) is 0 Å². The number of nitrogens with zero attached hydrogens (tertiary/aromatic N) is 1. The van der Waals surface area contributed by atoms with Crippen LogP contribution in [0.25, 0.3) is 0 Å². The first-order chi connectivity index (χ1) is 5.29. The summed E-state index contributed by atoms with van der Waals surface area (Å²) in [7, 11) is 1.95. The van der Waals surface area contributed by atoms with Crippen molar-refractivity contribution >= 4 is 0 Å². The van der Waals surface area contributed by atoms with E-state index in [0.29, 0.717) is 0 Å². The van der Waals surface area contributed by atoms with Crippen LogP contribution in [0.3, 0.4) is 0 Å². The Morgan fingerprint density at radius 1 is 1.27 bits per heavy atom. The van der Waals surface area contributed by atoms with Crippen molar-refractivity contribution in [2.75, 3.05) is 13.6 Å². The molecule has 0 spiro atoms. The molecular weight excluding hydrogens is 136 g/mol. The molecule has 0 aromatic carbocycles. The van der Waals surface area contributed by atoms with E-state index in [1.807, 2.05) is 7.05 Å². The van der Waals surface area contributed by atoms with Gasteiger partial charge in [-0.3, -0.25) is 10.9 Å². The quantitative estimate of drug-likeness (QED) is 0.498. The van der Waals surface area contributed by atoms with Gasteiger partial charge in [0, 0.05) is 13.6 Å². The lowest BCUT2D eigenvalue weighted by Gasteiger charge is -2.22. The average molecular weight is 156 g/mol. The zero-order valence-electron chi connectivity index (χ0n) is 7.55. The summed E-state index contributed by atoms with van der Waals surface area (Å²) >= 11 is 0. The average Bonchev–Trinajstić information content (AvgIpc) is 2.03. The highest BCUT2D eigenvalue weighted by molar-refractivity contribution is 4.66. The van der Waals surface area contributed by atoms with Crippen molar-refractivity contribution in [1.82, 2.24) is 5.01 Å². The highest BCUT2D eigenvalue weighted by Crippen LogP contribution is 2.25. The minimum Gasteiger partial charge on any atom is -0.269 e. The summed E-state index contributed by atoms with van der Waals surface area (Å²) in [5, 5.41) is 1.80. The molecule has 1 fully saturated rings. The van der Waals surface area contributed by atoms with Gasteiger partial charge in [-0.25, -0.2) is 0 Å². The molecule has 0 aliphatic heterocycles. The minimum absolute atomic E-state index is 0.967. The second kappa shape index (κ2) is 4.73. The van der Waals surface area contributed by atoms with E-state index in [9.17, 15) is 0 Å². The van der Waals surface area contributed by atoms with E-state index in [2.05, 4.69) is 0 Å². The fourth-order valence-corrected chi connectivity index (χ4v) is 1.86. The summed E-state index contributed by atoms with van der Waals surface area (Å²) in [4.78, 5) is 0. The molecule has 1 aliphatic carbocycles. The third-order valence-electron chi connectivity index (χ3n) is 2.61. The molecule has 2 nitrogen and oxygen atoms in total. The van der Waals surface area contributed by atoms with Crippen LogP contribution < -0.4 is 5.84 Å². The lowest BCUT2D eigenvalue weighted by molar-refractivity contribution is 0.269. The SMILES string of the molecule is CN(N)CCC1CCCCC1. The Morgan fingerprint density at radius 2 is 1.91 bits per heavy atom. The summed E-state index contributed by atoms with van der Waals surface area (Å²) < 4.78 is 0. The molecular formula is C9H20N2. The van der Waals surface area contributed by atoms with E-state index >= 15 is 0 Å². The second-order valence-electron chi connectivity index (χ2n) is 3.77. The normalized spacial score (nSPS) is 21.0. The summed E-state index contributed by atoms with van der Waals surface area (Å²) in [5.74, 6) is 6.51. The fourth-order valence-electron chi connectivity index (χ4n) is 1.86. The largest absolute Gasteiger partial charge is 0.269 e. The Labute approximate surface area is 69.7 Å². The van der Waals surface area contributed by atoms with Crippen molar-refractivity contribution in [3.8, 4) is 0 Å². The molecule has 0 aromatic rings. The molecule has 1 aliphatic rings. The molecule has 1 rings (SSSR count). The molecule has 0 saturated heterocycles. The number of hydrazine groups is 1. The molecule has 0 atom stereocenters. The zero-order valence-corrected chi connectivity index (χ0v) is 7.55. The van der Waals surface area contributed by atoms with Gasteiger partial charge in [-0.15, -0.1) is 0 Å². The molecule has 1 saturated carbocycles. The maximum Gasteiger partial charge on any atom is 0.0128 e. The van der Waals surface area contributed by atoms with E-state index < -0.39 is 0 Å². The predicted octanol–water partition coefficient (Wildman–Crippen LogP) is 1.76. The van der Waals surface area contributed by atoms with E-state index in [4.69, 9.17) is 5.84 Å². The van der Waals surface area contributed by atoms with Gasteiger partial charge in [-0.2, -0.15) is 0 Å². The van der Waals surface area contributed by atoms with E-state index in [0.717, 1.165) is 12.5 Å². The maximum atomic E-state index is 5.54. The second-order valence-corrected chi connectivity index (χ2v) is 3.77. The van der Waals surface area contributed by atoms with Crippen LogP contribution in [-0.2, 0) is 0 Å². The van der Waals surface area contributed by atoms with E-state index in [1.165, 1.54) is 38.5 Å². The molecule has 0 unspecified atom stereocenters. The molecule has 0 radical (unpaired) electrons. The van der Waals surface area contributed by atoms with Crippen LogP contribution in [0.2, 0.25) is 0 Å². The first-order valence-corrected chi connectivity index (χ1v) is 4.75. The zero-order chi connectivity index (χ0) is 8.10. The third kappa shape index (κ3) is 3.73. The summed E-state index contributed by atoms with van der Waals surface area (Å²) in [6.45, 7) is 1.06. The first kappa shape index (κ1) is 9.01. The van der Waals surface area contributed by atoms with Crippen molar-refractivity contribution < 1.29 is 0 Å². The number of rotatable bonds is 3. The Kier molecular flexibility index (Phi) is 3.87. The van der Waals surface area contributed by atoms with Crippen molar-refractivity contribution in [1.29, 1.82) is 0 Å². The lowest BCUT2D eigenvalue weighted by Crippen LogP contribution is -2.28. The predicted molar refractivity (Wildman–Crippen MR) is 48.0 cm³/mol. The van der Waals surface area contributed by atoms with Crippen molar-refractivity contribution in [2.45, 2.75) is 38.5 Å². The van der Waals surface area contributed by atoms with Crippen LogP contribution >= 0.6 is 0 Å². The fraction of sp³-hybridized carbons (Fsp3) is 1.00. The third-order valence-corrected chi connectivity index (χ3v) is 2.61. The smallest absolute Gasteiger partial charge is 0.0128 e. The van der Waals surface area contributed by atoms with Gasteiger partial charge in [-0.1, -0.05) is 32.1 Å². The monoisotopic (exact) mass is 156 g/mol. The van der Waals surface area contributed by atoms with E-state index in [-0.39, 0.29) is 0 Å². The number of nitrogens with two attached hydrogens (primary N) is 1. The highest BCUT2D eigenvalue weighted by Gasteiger charge is 2.12. The molecule has 2 N–H and O–H groups in total. The molecule has 0 aromatic heterocycles. The van der Waals surface area contributed by atoms with Gasteiger partial charge in [0.05, 0.1) is 0 Å². The van der Waals surface area contributed by atoms with Gasteiger partial charge in [0.15, 0.2) is 0 Å². The molecule has 2 heteroatoms. The van der Waals surface area contributed by atoms with Crippen LogP contribution in [0.4, 0.5) is 0 Å². The van der Waals surface area contributed by atoms with Gasteiger partial charge < -0.3 is 0 Å². The van der Waals surface area contributed by atoms with Gasteiger partial charge >= 0.3 is 0 Å². The molecule has 66 valence electrons. The Morgan fingerprint density at radius 3 is 2.45 bits per heavy atom. The van der Waals surface area contributed by atoms with Gasteiger partial charge in [-0.05, 0) is 12.3 Å². The topological polar surface area (TPSA) is 29.3 Å². The van der Waals surface area contributed by atoms with Gasteiger partial charge in [0.25, 0.3) is 0 Å². The van der Waals surface area contributed by atoms with Crippen molar-refractivity contribution in [3.63, 3.8) is 0 Å². The number of hydrogen-bond acceptors (Lipinski definition) is 2. The van der Waals surface area contributed by atoms with Crippen LogP contribution in [-0.4, -0.2) is 18.6 Å². The summed E-state index contributed by atoms with van der Waals surface area (Å²) in [6, 6.07) is 0. The van der Waals surface area contributed by atoms with Crippen LogP contribution in [0.15, 0.2) is 0 Å². The highest BCUT2D eigenvalue weighted by atomic mass is 15.4. The Hall–Kier alpha value is -0.0800. The first-order valence-electron chi connectivity index (χ1n) is 4.75. The molecule has 11 heavy (non-hydrogen) atoms. The standard InChI is InChI=1S/C9H20N2/c1-11(10)8-7-9-5-3-2-4-6-9/h9H,2-8,10H2,1H3. The van der Waals surface area contributed by atoms with E-state index in [1.54, 1.807) is 5.01 Å². The summed E-state index contributed by atoms with van der Waals surface area (Å²) in [6.07, 6.45) is 8.52. The minimum atomic E-state index is 0.967.